The summed E-state index contributed by atoms with van der Waals surface area (Å²) < 4.78 is 0. The second-order valence-corrected chi connectivity index (χ2v) is 4.85. The highest BCUT2D eigenvalue weighted by Crippen LogP contribution is 2.30. The van der Waals surface area contributed by atoms with Gasteiger partial charge in [0.25, 0.3) is 0 Å². The number of hydrogen-bond donors (Lipinski definition) is 2. The number of nitrogens with zero attached hydrogens (tertiary/aromatic N) is 1. The number of carbonyl (C=O) groups excluding carboxylic acids is 1. The zero-order chi connectivity index (χ0) is 13.7. The highest BCUT2D eigenvalue weighted by Gasteiger charge is 2.26. The van der Waals surface area contributed by atoms with E-state index in [0.29, 0.717) is 12.5 Å². The minimum absolute atomic E-state index is 0.127. The van der Waals surface area contributed by atoms with Gasteiger partial charge in [0.15, 0.2) is 0 Å². The van der Waals surface area contributed by atoms with Gasteiger partial charge in [-0.15, -0.1) is 6.42 Å². The van der Waals surface area contributed by atoms with Crippen molar-refractivity contribution in [3.8, 4) is 18.1 Å². The first-order chi connectivity index (χ1) is 9.19. The topological polar surface area (TPSA) is 52.6 Å². The summed E-state index contributed by atoms with van der Waals surface area (Å²) in [5, 5.41) is 12.0. The summed E-state index contributed by atoms with van der Waals surface area (Å²) in [7, 11) is 0. The Labute approximate surface area is 113 Å². The van der Waals surface area contributed by atoms with Crippen LogP contribution in [0.25, 0.3) is 0 Å². The Bertz CT molecular complexity index is 472. The van der Waals surface area contributed by atoms with Gasteiger partial charge in [0, 0.05) is 13.1 Å². The minimum Gasteiger partial charge on any atom is -0.508 e. The van der Waals surface area contributed by atoms with Crippen molar-refractivity contribution in [1.29, 1.82) is 0 Å². The Hall–Kier alpha value is -2.15. The first-order valence-corrected chi connectivity index (χ1v) is 6.43. The van der Waals surface area contributed by atoms with Crippen LogP contribution in [0.1, 0.15) is 18.4 Å². The number of phenols is 1. The zero-order valence-electron chi connectivity index (χ0n) is 10.8. The highest BCUT2D eigenvalue weighted by atomic mass is 16.3. The lowest BCUT2D eigenvalue weighted by Gasteiger charge is -2.22. The van der Waals surface area contributed by atoms with Gasteiger partial charge in [0.1, 0.15) is 5.75 Å². The molecule has 0 radical (unpaired) electrons. The second-order valence-electron chi connectivity index (χ2n) is 4.85. The van der Waals surface area contributed by atoms with Gasteiger partial charge < -0.3 is 15.3 Å². The van der Waals surface area contributed by atoms with Crippen molar-refractivity contribution >= 4 is 6.03 Å². The number of amides is 2. The van der Waals surface area contributed by atoms with Gasteiger partial charge in [0.05, 0.1) is 6.54 Å². The van der Waals surface area contributed by atoms with Gasteiger partial charge in [-0.1, -0.05) is 18.1 Å². The lowest BCUT2D eigenvalue weighted by atomic mass is 10.2. The predicted octanol–water partition coefficient (Wildman–Crippen LogP) is 1.95. The van der Waals surface area contributed by atoms with Crippen LogP contribution in [0.15, 0.2) is 24.3 Å². The van der Waals surface area contributed by atoms with Crippen LogP contribution < -0.4 is 5.32 Å². The molecule has 1 aromatic rings. The highest BCUT2D eigenvalue weighted by molar-refractivity contribution is 5.74. The molecule has 0 unspecified atom stereocenters. The third kappa shape index (κ3) is 4.22. The van der Waals surface area contributed by atoms with Crippen molar-refractivity contribution < 1.29 is 9.90 Å². The van der Waals surface area contributed by atoms with Crippen molar-refractivity contribution in [3.63, 3.8) is 0 Å². The number of urea groups is 1. The third-order valence-corrected chi connectivity index (χ3v) is 3.11. The van der Waals surface area contributed by atoms with Crippen molar-refractivity contribution in [3.05, 3.63) is 29.8 Å². The molecular weight excluding hydrogens is 240 g/mol. The van der Waals surface area contributed by atoms with Crippen LogP contribution in [0.5, 0.6) is 5.75 Å². The number of phenolic OH excluding ortho intramolecular Hbond substituents is 1. The fourth-order valence-electron chi connectivity index (χ4n) is 1.89. The molecule has 0 bridgehead atoms. The lowest BCUT2D eigenvalue weighted by molar-refractivity contribution is 0.194. The average Bonchev–Trinajstić information content (AvgIpc) is 3.21. The van der Waals surface area contributed by atoms with E-state index in [4.69, 9.17) is 6.42 Å². The number of hydrogen-bond acceptors (Lipinski definition) is 2. The van der Waals surface area contributed by atoms with E-state index in [1.807, 2.05) is 12.1 Å². The second kappa shape index (κ2) is 6.14. The molecule has 1 saturated carbocycles. The van der Waals surface area contributed by atoms with Crippen molar-refractivity contribution in [2.45, 2.75) is 19.4 Å². The Morgan fingerprint density at radius 1 is 1.42 bits per heavy atom. The van der Waals surface area contributed by atoms with E-state index in [9.17, 15) is 9.90 Å². The molecule has 4 heteroatoms. The van der Waals surface area contributed by atoms with Crippen LogP contribution >= 0.6 is 0 Å². The van der Waals surface area contributed by atoms with E-state index in [0.717, 1.165) is 12.1 Å². The summed E-state index contributed by atoms with van der Waals surface area (Å²) >= 11 is 0. The number of carbonyl (C=O) groups is 1. The molecule has 100 valence electrons. The maximum absolute atomic E-state index is 12.0. The molecule has 2 N–H and O–H groups in total. The number of rotatable bonds is 5. The number of benzene rings is 1. The smallest absolute Gasteiger partial charge is 0.318 e. The van der Waals surface area contributed by atoms with Crippen LogP contribution in [0.4, 0.5) is 4.79 Å². The molecular formula is C15H18N2O2. The van der Waals surface area contributed by atoms with Crippen LogP contribution in [0.2, 0.25) is 0 Å². The van der Waals surface area contributed by atoms with E-state index in [1.165, 1.54) is 12.8 Å². The number of terminal acetylenes is 1. The lowest BCUT2D eigenvalue weighted by Crippen LogP contribution is -2.40. The monoisotopic (exact) mass is 258 g/mol. The molecule has 1 aliphatic carbocycles. The quantitative estimate of drug-likeness (QED) is 0.793. The molecule has 0 aromatic heterocycles. The first-order valence-electron chi connectivity index (χ1n) is 6.43. The Morgan fingerprint density at radius 2 is 2.11 bits per heavy atom. The van der Waals surface area contributed by atoms with Gasteiger partial charge in [0.2, 0.25) is 0 Å². The molecule has 1 fully saturated rings. The Kier molecular flexibility index (Phi) is 4.30. The predicted molar refractivity (Wildman–Crippen MR) is 73.5 cm³/mol. The fraction of sp³-hybridized carbons (Fsp3) is 0.400. The van der Waals surface area contributed by atoms with Crippen molar-refractivity contribution in [2.75, 3.05) is 13.1 Å². The molecule has 2 amide bonds. The van der Waals surface area contributed by atoms with Gasteiger partial charge in [-0.05, 0) is 36.5 Å². The molecule has 1 aliphatic rings. The zero-order valence-corrected chi connectivity index (χ0v) is 10.8. The maximum Gasteiger partial charge on any atom is 0.318 e. The fourth-order valence-corrected chi connectivity index (χ4v) is 1.89. The van der Waals surface area contributed by atoms with Gasteiger partial charge >= 0.3 is 6.03 Å². The number of nitrogens with one attached hydrogen (secondary N) is 1. The molecule has 0 atom stereocenters. The van der Waals surface area contributed by atoms with Gasteiger partial charge in [-0.25, -0.2) is 4.79 Å². The molecule has 19 heavy (non-hydrogen) atoms. The summed E-state index contributed by atoms with van der Waals surface area (Å²) in [6, 6.07) is 6.78. The van der Waals surface area contributed by atoms with Crippen molar-refractivity contribution in [1.82, 2.24) is 10.2 Å². The molecule has 0 heterocycles. The largest absolute Gasteiger partial charge is 0.508 e. The van der Waals surface area contributed by atoms with E-state index < -0.39 is 0 Å². The van der Waals surface area contributed by atoms with E-state index in [1.54, 1.807) is 17.0 Å². The third-order valence-electron chi connectivity index (χ3n) is 3.11. The van der Waals surface area contributed by atoms with E-state index >= 15 is 0 Å². The Balaban J connectivity index is 1.98. The van der Waals surface area contributed by atoms with Gasteiger partial charge in [-0.3, -0.25) is 0 Å². The SMILES string of the molecule is C#CCNC(=O)N(Cc1ccc(O)cc1)CC1CC1. The maximum atomic E-state index is 12.0. The average molecular weight is 258 g/mol. The molecule has 0 saturated heterocycles. The van der Waals surface area contributed by atoms with Crippen LogP contribution in [-0.2, 0) is 6.54 Å². The summed E-state index contributed by atoms with van der Waals surface area (Å²) in [4.78, 5) is 13.8. The van der Waals surface area contributed by atoms with Gasteiger partial charge in [-0.2, -0.15) is 0 Å². The summed E-state index contributed by atoms with van der Waals surface area (Å²) in [5.41, 5.74) is 0.995. The normalized spacial score (nSPS) is 13.6. The first kappa shape index (κ1) is 13.3. The van der Waals surface area contributed by atoms with Crippen LogP contribution in [0, 0.1) is 18.3 Å². The minimum atomic E-state index is -0.127. The summed E-state index contributed by atoms with van der Waals surface area (Å²) in [5.74, 6) is 3.25. The molecule has 0 spiro atoms. The van der Waals surface area contributed by atoms with E-state index in [-0.39, 0.29) is 18.3 Å². The molecule has 2 rings (SSSR count). The molecule has 4 nitrogen and oxygen atoms in total. The molecule has 0 aliphatic heterocycles. The Morgan fingerprint density at radius 3 is 2.68 bits per heavy atom. The van der Waals surface area contributed by atoms with Crippen molar-refractivity contribution in [2.24, 2.45) is 5.92 Å². The van der Waals surface area contributed by atoms with Crippen LogP contribution in [-0.4, -0.2) is 29.1 Å². The standard InChI is InChI=1S/C15H18N2O2/c1-2-9-16-15(19)17(10-12-3-4-12)11-13-5-7-14(18)8-6-13/h1,5-8,12,18H,3-4,9-11H2,(H,16,19). The molecule has 1 aromatic carbocycles. The van der Waals surface area contributed by atoms with Crippen LogP contribution in [0.3, 0.4) is 0 Å². The number of aromatic hydroxyl groups is 1. The van der Waals surface area contributed by atoms with E-state index in [2.05, 4.69) is 11.2 Å². The summed E-state index contributed by atoms with van der Waals surface area (Å²) in [6.45, 7) is 1.54. The summed E-state index contributed by atoms with van der Waals surface area (Å²) in [6.07, 6.45) is 7.53.